The predicted molar refractivity (Wildman–Crippen MR) is 112 cm³/mol. The number of carbonyl (C=O) groups is 2. The van der Waals surface area contributed by atoms with Crippen molar-refractivity contribution >= 4 is 40.1 Å². The van der Waals surface area contributed by atoms with E-state index in [1.54, 1.807) is 6.07 Å². The first kappa shape index (κ1) is 22.1. The Balaban J connectivity index is 2.32. The predicted octanol–water partition coefficient (Wildman–Crippen LogP) is 6.40. The molecule has 6 heteroatoms. The maximum absolute atomic E-state index is 13.2. The van der Waals surface area contributed by atoms with Gasteiger partial charge in [-0.1, -0.05) is 65.0 Å². The number of halogens is 1. The van der Waals surface area contributed by atoms with Gasteiger partial charge in [0, 0.05) is 21.8 Å². The van der Waals surface area contributed by atoms with Gasteiger partial charge in [-0.05, 0) is 37.1 Å². The fourth-order valence-electron chi connectivity index (χ4n) is 3.53. The molecular formula is C21H30ClNO3S. The van der Waals surface area contributed by atoms with Crippen LogP contribution in [-0.4, -0.2) is 16.1 Å². The second-order valence-corrected chi connectivity index (χ2v) is 9.91. The number of amides is 1. The Morgan fingerprint density at radius 1 is 1.22 bits per heavy atom. The van der Waals surface area contributed by atoms with Crippen molar-refractivity contribution in [1.82, 2.24) is 0 Å². The monoisotopic (exact) mass is 411 g/mol. The van der Waals surface area contributed by atoms with Gasteiger partial charge >= 0.3 is 0 Å². The van der Waals surface area contributed by atoms with Crippen molar-refractivity contribution in [2.45, 2.75) is 77.5 Å². The number of thioether (sulfide) groups is 1. The van der Waals surface area contributed by atoms with Crippen molar-refractivity contribution in [1.29, 1.82) is 0 Å². The molecule has 0 heterocycles. The summed E-state index contributed by atoms with van der Waals surface area (Å²) in [5.41, 5.74) is -0.438. The lowest BCUT2D eigenvalue weighted by atomic mass is 9.70. The van der Waals surface area contributed by atoms with Crippen LogP contribution in [0.1, 0.15) is 72.6 Å². The first-order valence-corrected chi connectivity index (χ1v) is 10.8. The Morgan fingerprint density at radius 2 is 1.85 bits per heavy atom. The van der Waals surface area contributed by atoms with Gasteiger partial charge in [-0.15, -0.1) is 0 Å². The number of rotatable bonds is 5. The van der Waals surface area contributed by atoms with Crippen LogP contribution < -0.4 is 5.32 Å². The lowest BCUT2D eigenvalue weighted by Crippen LogP contribution is -2.38. The number of nitrogens with one attached hydrogen (secondary N) is 1. The molecule has 1 amide bonds. The number of carbonyl (C=O) groups excluding carboxylic acids is 2. The van der Waals surface area contributed by atoms with Gasteiger partial charge in [-0.25, -0.2) is 0 Å². The largest absolute Gasteiger partial charge is 0.506 e. The number of benzene rings is 1. The van der Waals surface area contributed by atoms with Gasteiger partial charge in [-0.2, -0.15) is 0 Å². The fourth-order valence-corrected chi connectivity index (χ4v) is 4.66. The first-order chi connectivity index (χ1) is 12.6. The van der Waals surface area contributed by atoms with Crippen LogP contribution >= 0.6 is 23.4 Å². The summed E-state index contributed by atoms with van der Waals surface area (Å²) in [7, 11) is 0. The molecule has 1 fully saturated rings. The van der Waals surface area contributed by atoms with Gasteiger partial charge < -0.3 is 10.4 Å². The zero-order valence-electron chi connectivity index (χ0n) is 16.7. The summed E-state index contributed by atoms with van der Waals surface area (Å²) in [5.74, 6) is -0.122. The molecule has 1 aromatic carbocycles. The van der Waals surface area contributed by atoms with Crippen molar-refractivity contribution in [3.63, 3.8) is 0 Å². The summed E-state index contributed by atoms with van der Waals surface area (Å²) >= 11 is 7.11. The highest BCUT2D eigenvalue weighted by Gasteiger charge is 2.39. The average molecular weight is 412 g/mol. The SMILES string of the molecule is CCCC1(C(=O)Nc2cc(O)c(Cl)cc2SC(=O)C(C)(C)C)CCCCC1. The molecule has 0 aromatic heterocycles. The molecule has 0 radical (unpaired) electrons. The van der Waals surface area contributed by atoms with E-state index in [9.17, 15) is 14.7 Å². The normalized spacial score (nSPS) is 16.8. The molecule has 0 unspecified atom stereocenters. The van der Waals surface area contributed by atoms with Gasteiger partial charge in [0.2, 0.25) is 5.91 Å². The topological polar surface area (TPSA) is 66.4 Å². The van der Waals surface area contributed by atoms with Crippen LogP contribution in [0.25, 0.3) is 0 Å². The van der Waals surface area contributed by atoms with E-state index in [0.717, 1.165) is 50.3 Å². The van der Waals surface area contributed by atoms with Crippen molar-refractivity contribution < 1.29 is 14.7 Å². The van der Waals surface area contributed by atoms with Gasteiger partial charge in [-0.3, -0.25) is 9.59 Å². The van der Waals surface area contributed by atoms with E-state index in [0.29, 0.717) is 10.6 Å². The lowest BCUT2D eigenvalue weighted by Gasteiger charge is -2.36. The standard InChI is InChI=1S/C21H30ClNO3S/c1-5-9-21(10-7-6-8-11-21)18(25)23-15-13-16(24)14(22)12-17(15)27-19(26)20(2,3)4/h12-13,24H,5-11H2,1-4H3,(H,23,25). The number of phenols is 1. The summed E-state index contributed by atoms with van der Waals surface area (Å²) in [5, 5.41) is 13.2. The Kier molecular flexibility index (Phi) is 7.26. The third-order valence-corrected chi connectivity index (χ3v) is 6.79. The molecule has 0 spiro atoms. The number of hydrogen-bond donors (Lipinski definition) is 2. The molecule has 1 saturated carbocycles. The Morgan fingerprint density at radius 3 is 2.41 bits per heavy atom. The molecule has 27 heavy (non-hydrogen) atoms. The quantitative estimate of drug-likeness (QED) is 0.550. The smallest absolute Gasteiger partial charge is 0.230 e. The lowest BCUT2D eigenvalue weighted by molar-refractivity contribution is -0.128. The Labute approximate surface area is 171 Å². The highest BCUT2D eigenvalue weighted by Crippen LogP contribution is 2.43. The van der Waals surface area contributed by atoms with E-state index in [4.69, 9.17) is 11.6 Å². The van der Waals surface area contributed by atoms with Gasteiger partial charge in [0.25, 0.3) is 0 Å². The summed E-state index contributed by atoms with van der Waals surface area (Å²) < 4.78 is 0. The van der Waals surface area contributed by atoms with E-state index < -0.39 is 5.41 Å². The molecule has 2 N–H and O–H groups in total. The van der Waals surface area contributed by atoms with Crippen LogP contribution in [0, 0.1) is 10.8 Å². The third kappa shape index (κ3) is 5.41. The fraction of sp³-hybridized carbons (Fsp3) is 0.619. The van der Waals surface area contributed by atoms with Crippen molar-refractivity contribution in [2.75, 3.05) is 5.32 Å². The number of hydrogen-bond acceptors (Lipinski definition) is 4. The zero-order chi connectivity index (χ0) is 20.2. The highest BCUT2D eigenvalue weighted by atomic mass is 35.5. The van der Waals surface area contributed by atoms with Crippen LogP contribution in [0.5, 0.6) is 5.75 Å². The maximum atomic E-state index is 13.2. The van der Waals surface area contributed by atoms with Crippen molar-refractivity contribution in [3.8, 4) is 5.75 Å². The molecule has 1 aromatic rings. The third-order valence-electron chi connectivity index (χ3n) is 5.13. The van der Waals surface area contributed by atoms with Crippen LogP contribution in [-0.2, 0) is 9.59 Å². The van der Waals surface area contributed by atoms with Crippen molar-refractivity contribution in [2.24, 2.45) is 10.8 Å². The van der Waals surface area contributed by atoms with E-state index >= 15 is 0 Å². The van der Waals surface area contributed by atoms with E-state index in [1.165, 1.54) is 12.5 Å². The molecule has 0 bridgehead atoms. The molecule has 150 valence electrons. The minimum Gasteiger partial charge on any atom is -0.506 e. The first-order valence-electron chi connectivity index (χ1n) is 9.65. The molecular weight excluding hydrogens is 382 g/mol. The zero-order valence-corrected chi connectivity index (χ0v) is 18.2. The van der Waals surface area contributed by atoms with E-state index in [1.807, 2.05) is 20.8 Å². The number of aromatic hydroxyl groups is 1. The minimum absolute atomic E-state index is 0.0177. The van der Waals surface area contributed by atoms with Crippen molar-refractivity contribution in [3.05, 3.63) is 17.2 Å². The minimum atomic E-state index is -0.525. The van der Waals surface area contributed by atoms with Crippen LogP contribution in [0.15, 0.2) is 17.0 Å². The Bertz CT molecular complexity index is 701. The van der Waals surface area contributed by atoms with Crippen LogP contribution in [0.4, 0.5) is 5.69 Å². The summed E-state index contributed by atoms with van der Waals surface area (Å²) in [4.78, 5) is 26.2. The molecule has 4 nitrogen and oxygen atoms in total. The highest BCUT2D eigenvalue weighted by molar-refractivity contribution is 8.13. The molecule has 1 aliphatic rings. The average Bonchev–Trinajstić information content (AvgIpc) is 2.59. The summed E-state index contributed by atoms with van der Waals surface area (Å²) in [6.45, 7) is 7.64. The van der Waals surface area contributed by atoms with Gasteiger partial charge in [0.15, 0.2) is 5.12 Å². The molecule has 0 aliphatic heterocycles. The second kappa shape index (κ2) is 8.87. The summed E-state index contributed by atoms with van der Waals surface area (Å²) in [6.07, 6.45) is 6.85. The van der Waals surface area contributed by atoms with Crippen LogP contribution in [0.3, 0.4) is 0 Å². The molecule has 0 atom stereocenters. The van der Waals surface area contributed by atoms with Gasteiger partial charge in [0.05, 0.1) is 10.7 Å². The number of phenolic OH excluding ortho intramolecular Hbond substituents is 1. The van der Waals surface area contributed by atoms with E-state index in [-0.39, 0.29) is 27.2 Å². The Hall–Kier alpha value is -1.20. The molecule has 1 aliphatic carbocycles. The van der Waals surface area contributed by atoms with E-state index in [2.05, 4.69) is 12.2 Å². The second-order valence-electron chi connectivity index (χ2n) is 8.48. The molecule has 0 saturated heterocycles. The van der Waals surface area contributed by atoms with Gasteiger partial charge in [0.1, 0.15) is 5.75 Å². The summed E-state index contributed by atoms with van der Waals surface area (Å²) in [6, 6.07) is 3.00. The maximum Gasteiger partial charge on any atom is 0.230 e. The molecule has 2 rings (SSSR count). The number of anilines is 1. The van der Waals surface area contributed by atoms with Crippen LogP contribution in [0.2, 0.25) is 5.02 Å².